The second-order valence-electron chi connectivity index (χ2n) is 8.40. The van der Waals surface area contributed by atoms with Crippen LogP contribution in [0.1, 0.15) is 30.0 Å². The number of carboxylic acids is 1. The minimum atomic E-state index is -0.895. The predicted molar refractivity (Wildman–Crippen MR) is 124 cm³/mol. The molecule has 5 nitrogen and oxygen atoms in total. The minimum absolute atomic E-state index is 0.0803. The number of nitrogens with zero attached hydrogens (tertiary/aromatic N) is 1. The lowest BCUT2D eigenvalue weighted by atomic mass is 9.89. The fourth-order valence-corrected chi connectivity index (χ4v) is 4.87. The average Bonchev–Trinajstić information content (AvgIpc) is 3.16. The molecule has 0 spiro atoms. The van der Waals surface area contributed by atoms with Crippen molar-refractivity contribution >= 4 is 16.9 Å². The van der Waals surface area contributed by atoms with Gasteiger partial charge in [-0.1, -0.05) is 30.3 Å². The van der Waals surface area contributed by atoms with E-state index in [0.717, 1.165) is 40.9 Å². The molecule has 0 atom stereocenters. The molecule has 6 heteroatoms. The molecule has 2 heterocycles. The van der Waals surface area contributed by atoms with Crippen molar-refractivity contribution in [2.24, 2.45) is 0 Å². The van der Waals surface area contributed by atoms with Gasteiger partial charge in [-0.15, -0.1) is 0 Å². The Bertz CT molecular complexity index is 1320. The molecule has 1 fully saturated rings. The van der Waals surface area contributed by atoms with Gasteiger partial charge in [0.15, 0.2) is 0 Å². The Labute approximate surface area is 190 Å². The zero-order valence-electron chi connectivity index (χ0n) is 18.0. The first-order valence-corrected chi connectivity index (χ1v) is 11.0. The molecule has 0 aliphatic carbocycles. The number of ether oxygens (including phenoxy) is 1. The molecule has 0 bridgehead atoms. The third-order valence-corrected chi connectivity index (χ3v) is 6.27. The van der Waals surface area contributed by atoms with Crippen molar-refractivity contribution in [2.45, 2.75) is 25.2 Å². The lowest BCUT2D eigenvalue weighted by Gasteiger charge is -2.26. The number of hydrogen-bond acceptors (Lipinski definition) is 3. The summed E-state index contributed by atoms with van der Waals surface area (Å²) in [5.74, 6) is -0.894. The van der Waals surface area contributed by atoms with E-state index in [1.807, 2.05) is 24.3 Å². The van der Waals surface area contributed by atoms with E-state index in [2.05, 4.69) is 4.57 Å². The molecule has 3 aromatic carbocycles. The highest BCUT2D eigenvalue weighted by molar-refractivity contribution is 6.03. The number of aliphatic carboxylic acids is 1. The molecule has 4 aromatic rings. The van der Waals surface area contributed by atoms with E-state index >= 15 is 0 Å². The molecule has 1 aromatic heterocycles. The number of aromatic hydroxyl groups is 1. The highest BCUT2D eigenvalue weighted by atomic mass is 19.1. The van der Waals surface area contributed by atoms with Crippen molar-refractivity contribution < 1.29 is 24.1 Å². The number of hydrogen-bond donors (Lipinski definition) is 2. The maximum absolute atomic E-state index is 13.7. The first-order chi connectivity index (χ1) is 16.0. The molecule has 1 saturated heterocycles. The fourth-order valence-electron chi connectivity index (χ4n) is 4.87. The van der Waals surface area contributed by atoms with Crippen LogP contribution in [-0.4, -0.2) is 34.0 Å². The summed E-state index contributed by atoms with van der Waals surface area (Å²) < 4.78 is 21.5. The fraction of sp³-hybridized carbons (Fsp3) is 0.222. The van der Waals surface area contributed by atoms with Gasteiger partial charge >= 0.3 is 5.97 Å². The number of benzene rings is 3. The first kappa shape index (κ1) is 21.2. The van der Waals surface area contributed by atoms with Crippen molar-refractivity contribution in [2.75, 3.05) is 13.2 Å². The number of rotatable bonds is 5. The Kier molecular flexibility index (Phi) is 5.60. The summed E-state index contributed by atoms with van der Waals surface area (Å²) in [7, 11) is 0. The minimum Gasteiger partial charge on any atom is -0.507 e. The molecule has 0 radical (unpaired) electrons. The van der Waals surface area contributed by atoms with Gasteiger partial charge < -0.3 is 19.5 Å². The van der Waals surface area contributed by atoms with Crippen molar-refractivity contribution in [3.63, 3.8) is 0 Å². The van der Waals surface area contributed by atoms with Crippen molar-refractivity contribution in [3.8, 4) is 22.6 Å². The number of fused-ring (bicyclic) bond motifs is 1. The molecule has 1 aliphatic heterocycles. The highest BCUT2D eigenvalue weighted by Gasteiger charge is 2.29. The van der Waals surface area contributed by atoms with Crippen LogP contribution in [0.4, 0.5) is 4.39 Å². The molecule has 168 valence electrons. The number of halogens is 1. The summed E-state index contributed by atoms with van der Waals surface area (Å²) in [5, 5.41) is 21.0. The van der Waals surface area contributed by atoms with Gasteiger partial charge in [0, 0.05) is 41.5 Å². The van der Waals surface area contributed by atoms with E-state index in [1.54, 1.807) is 30.3 Å². The van der Waals surface area contributed by atoms with E-state index in [1.165, 1.54) is 12.1 Å². The number of aromatic nitrogens is 1. The Balaban J connectivity index is 1.84. The second kappa shape index (κ2) is 8.71. The summed E-state index contributed by atoms with van der Waals surface area (Å²) in [5.41, 5.74) is 5.07. The van der Waals surface area contributed by atoms with Crippen molar-refractivity contribution in [1.82, 2.24) is 4.57 Å². The van der Waals surface area contributed by atoms with E-state index in [-0.39, 0.29) is 23.9 Å². The number of carbonyl (C=O) groups is 1. The zero-order chi connectivity index (χ0) is 22.9. The molecular weight excluding hydrogens is 421 g/mol. The number of phenols is 1. The van der Waals surface area contributed by atoms with Crippen molar-refractivity contribution in [1.29, 1.82) is 0 Å². The van der Waals surface area contributed by atoms with Gasteiger partial charge in [-0.3, -0.25) is 4.79 Å². The van der Waals surface area contributed by atoms with Crippen molar-refractivity contribution in [3.05, 3.63) is 83.8 Å². The van der Waals surface area contributed by atoms with Crippen LogP contribution in [0, 0.1) is 5.82 Å². The van der Waals surface area contributed by atoms with Gasteiger partial charge in [-0.05, 0) is 60.4 Å². The largest absolute Gasteiger partial charge is 0.507 e. The molecule has 0 saturated carbocycles. The van der Waals surface area contributed by atoms with Gasteiger partial charge in [0.05, 0.1) is 11.9 Å². The molecular formula is C27H24FNO4. The topological polar surface area (TPSA) is 71.7 Å². The summed E-state index contributed by atoms with van der Waals surface area (Å²) in [6, 6.07) is 19.2. The van der Waals surface area contributed by atoms with Gasteiger partial charge in [-0.2, -0.15) is 0 Å². The lowest BCUT2D eigenvalue weighted by molar-refractivity contribution is -0.136. The van der Waals surface area contributed by atoms with Crippen LogP contribution in [0.25, 0.3) is 27.7 Å². The SMILES string of the molecule is O=C(O)Cc1cccc(-c2c(C3CCOCC3)n(-c3ccc(F)cc3)c3cccc(O)c23)c1. The maximum atomic E-state index is 13.7. The van der Waals surface area contributed by atoms with Crippen LogP contribution < -0.4 is 0 Å². The summed E-state index contributed by atoms with van der Waals surface area (Å²) >= 11 is 0. The predicted octanol–water partition coefficient (Wildman–Crippen LogP) is 5.66. The highest BCUT2D eigenvalue weighted by Crippen LogP contribution is 2.46. The van der Waals surface area contributed by atoms with E-state index < -0.39 is 5.97 Å². The Morgan fingerprint density at radius 2 is 1.76 bits per heavy atom. The van der Waals surface area contributed by atoms with Crippen LogP contribution in [0.5, 0.6) is 5.75 Å². The van der Waals surface area contributed by atoms with Gasteiger partial charge in [0.25, 0.3) is 0 Å². The Hall–Kier alpha value is -3.64. The van der Waals surface area contributed by atoms with E-state index in [9.17, 15) is 19.4 Å². The quantitative estimate of drug-likeness (QED) is 0.416. The van der Waals surface area contributed by atoms with Crippen LogP contribution in [0.3, 0.4) is 0 Å². The third-order valence-electron chi connectivity index (χ3n) is 6.27. The number of phenolic OH excluding ortho intramolecular Hbond substituents is 1. The monoisotopic (exact) mass is 445 g/mol. The normalized spacial score (nSPS) is 14.6. The summed E-state index contributed by atoms with van der Waals surface area (Å²) in [6.07, 6.45) is 1.56. The van der Waals surface area contributed by atoms with Crippen LogP contribution in [-0.2, 0) is 16.0 Å². The Morgan fingerprint density at radius 3 is 2.48 bits per heavy atom. The summed E-state index contributed by atoms with van der Waals surface area (Å²) in [4.78, 5) is 11.3. The lowest BCUT2D eigenvalue weighted by Crippen LogP contribution is -2.17. The van der Waals surface area contributed by atoms with Gasteiger partial charge in [0.2, 0.25) is 0 Å². The summed E-state index contributed by atoms with van der Waals surface area (Å²) in [6.45, 7) is 1.28. The van der Waals surface area contributed by atoms with E-state index in [0.29, 0.717) is 24.2 Å². The second-order valence-corrected chi connectivity index (χ2v) is 8.40. The molecule has 5 rings (SSSR count). The molecule has 2 N–H and O–H groups in total. The third kappa shape index (κ3) is 3.98. The first-order valence-electron chi connectivity index (χ1n) is 11.0. The molecule has 0 amide bonds. The Morgan fingerprint density at radius 1 is 1.03 bits per heavy atom. The average molecular weight is 445 g/mol. The van der Waals surface area contributed by atoms with Gasteiger partial charge in [0.1, 0.15) is 11.6 Å². The number of carboxylic acid groups (broad SMARTS) is 1. The van der Waals surface area contributed by atoms with E-state index in [4.69, 9.17) is 4.74 Å². The van der Waals surface area contributed by atoms with Crippen LogP contribution in [0.2, 0.25) is 0 Å². The standard InChI is InChI=1S/C27H24FNO4/c28-20-7-9-21(10-8-20)29-22-5-2-6-23(30)26(22)25(27(29)18-11-13-33-14-12-18)19-4-1-3-17(15-19)16-24(31)32/h1-10,15,18,30H,11-14,16H2,(H,31,32). The van der Waals surface area contributed by atoms with Crippen LogP contribution in [0.15, 0.2) is 66.7 Å². The molecule has 33 heavy (non-hydrogen) atoms. The van der Waals surface area contributed by atoms with Gasteiger partial charge in [-0.25, -0.2) is 4.39 Å². The smallest absolute Gasteiger partial charge is 0.307 e. The zero-order valence-corrected chi connectivity index (χ0v) is 18.0. The maximum Gasteiger partial charge on any atom is 0.307 e. The van der Waals surface area contributed by atoms with Crippen LogP contribution >= 0.6 is 0 Å². The molecule has 1 aliphatic rings. The molecule has 0 unspecified atom stereocenters.